The van der Waals surface area contributed by atoms with E-state index < -0.39 is 0 Å². The van der Waals surface area contributed by atoms with Crippen molar-refractivity contribution in [1.29, 1.82) is 0 Å². The zero-order valence-electron chi connectivity index (χ0n) is 9.34. The lowest BCUT2D eigenvalue weighted by Gasteiger charge is -2.34. The highest BCUT2D eigenvalue weighted by molar-refractivity contribution is 4.69. The fraction of sp³-hybridized carbons (Fsp3) is 1.00. The molecule has 0 aromatic rings. The van der Waals surface area contributed by atoms with E-state index in [1.807, 2.05) is 0 Å². The van der Waals surface area contributed by atoms with Gasteiger partial charge in [-0.3, -0.25) is 5.43 Å². The molecule has 0 saturated carbocycles. The number of hydrogen-bond donors (Lipinski definition) is 2. The lowest BCUT2D eigenvalue weighted by Crippen LogP contribution is -2.52. The van der Waals surface area contributed by atoms with Crippen molar-refractivity contribution in [2.75, 3.05) is 45.8 Å². The Morgan fingerprint density at radius 3 is 2.50 bits per heavy atom. The van der Waals surface area contributed by atoms with Crippen LogP contribution >= 0.6 is 0 Å². The second kappa shape index (κ2) is 7.17. The van der Waals surface area contributed by atoms with Crippen LogP contribution in [0.1, 0.15) is 19.8 Å². The van der Waals surface area contributed by atoms with E-state index in [1.165, 1.54) is 32.5 Å². The quantitative estimate of drug-likeness (QED) is 0.627. The van der Waals surface area contributed by atoms with Gasteiger partial charge in [-0.05, 0) is 13.0 Å². The van der Waals surface area contributed by atoms with E-state index in [4.69, 9.17) is 5.73 Å². The minimum absolute atomic E-state index is 0.718. The molecule has 1 saturated heterocycles. The number of hydrogen-bond acceptors (Lipinski definition) is 4. The third-order valence-corrected chi connectivity index (χ3v) is 2.68. The maximum absolute atomic E-state index is 5.44. The summed E-state index contributed by atoms with van der Waals surface area (Å²) in [6, 6.07) is 0. The third kappa shape index (κ3) is 4.37. The first kappa shape index (κ1) is 11.9. The van der Waals surface area contributed by atoms with Crippen molar-refractivity contribution in [1.82, 2.24) is 15.3 Å². The molecule has 14 heavy (non-hydrogen) atoms. The normalized spacial score (nSPS) is 20.1. The van der Waals surface area contributed by atoms with Crippen LogP contribution in [0.5, 0.6) is 0 Å². The molecule has 0 unspecified atom stereocenters. The van der Waals surface area contributed by atoms with Crippen molar-refractivity contribution in [3.05, 3.63) is 0 Å². The number of nitrogens with two attached hydrogens (primary N) is 1. The summed E-state index contributed by atoms with van der Waals surface area (Å²) in [5.41, 5.74) is 8.77. The van der Waals surface area contributed by atoms with E-state index in [2.05, 4.69) is 22.3 Å². The largest absolute Gasteiger partial charge is 0.329 e. The molecule has 4 nitrogen and oxygen atoms in total. The van der Waals surface area contributed by atoms with Crippen molar-refractivity contribution in [2.24, 2.45) is 5.73 Å². The van der Waals surface area contributed by atoms with Crippen LogP contribution in [0.25, 0.3) is 0 Å². The van der Waals surface area contributed by atoms with E-state index in [1.54, 1.807) is 0 Å². The zero-order valence-corrected chi connectivity index (χ0v) is 9.34. The summed E-state index contributed by atoms with van der Waals surface area (Å²) in [5.74, 6) is 0. The standard InChI is InChI=1S/C10H24N4/c1-2-3-6-13-7-9-14(10-8-13)12-5-4-11/h12H,2-11H2,1H3. The molecule has 0 amide bonds. The highest BCUT2D eigenvalue weighted by Crippen LogP contribution is 2.00. The Bertz CT molecular complexity index is 116. The fourth-order valence-corrected chi connectivity index (χ4v) is 1.73. The number of unbranched alkanes of at least 4 members (excludes halogenated alkanes) is 1. The van der Waals surface area contributed by atoms with E-state index in [0.29, 0.717) is 0 Å². The van der Waals surface area contributed by atoms with Crippen LogP contribution in [0.4, 0.5) is 0 Å². The molecule has 0 bridgehead atoms. The maximum atomic E-state index is 5.44. The molecule has 1 heterocycles. The van der Waals surface area contributed by atoms with Gasteiger partial charge in [0.15, 0.2) is 0 Å². The smallest absolute Gasteiger partial charge is 0.0259 e. The van der Waals surface area contributed by atoms with Gasteiger partial charge in [0.25, 0.3) is 0 Å². The molecule has 1 aliphatic heterocycles. The first-order valence-corrected chi connectivity index (χ1v) is 5.77. The fourth-order valence-electron chi connectivity index (χ4n) is 1.73. The summed E-state index contributed by atoms with van der Waals surface area (Å²) in [5, 5.41) is 2.29. The van der Waals surface area contributed by atoms with E-state index in [-0.39, 0.29) is 0 Å². The first-order valence-electron chi connectivity index (χ1n) is 5.77. The Labute approximate surface area is 87.4 Å². The summed E-state index contributed by atoms with van der Waals surface area (Å²) >= 11 is 0. The summed E-state index contributed by atoms with van der Waals surface area (Å²) in [4.78, 5) is 2.55. The number of rotatable bonds is 6. The SMILES string of the molecule is CCCCN1CCN(NCCN)CC1. The van der Waals surface area contributed by atoms with Gasteiger partial charge in [-0.25, -0.2) is 5.01 Å². The molecular weight excluding hydrogens is 176 g/mol. The van der Waals surface area contributed by atoms with Crippen molar-refractivity contribution < 1.29 is 0 Å². The lowest BCUT2D eigenvalue weighted by atomic mass is 10.3. The summed E-state index contributed by atoms with van der Waals surface area (Å²) in [7, 11) is 0. The van der Waals surface area contributed by atoms with E-state index >= 15 is 0 Å². The average Bonchev–Trinajstić information content (AvgIpc) is 2.25. The highest BCUT2D eigenvalue weighted by atomic mass is 15.5. The molecule has 1 aliphatic rings. The van der Waals surface area contributed by atoms with Crippen LogP contribution < -0.4 is 11.2 Å². The molecular formula is C10H24N4. The Morgan fingerprint density at radius 2 is 1.93 bits per heavy atom. The van der Waals surface area contributed by atoms with Gasteiger partial charge in [-0.2, -0.15) is 0 Å². The van der Waals surface area contributed by atoms with Gasteiger partial charge in [0, 0.05) is 39.3 Å². The second-order valence-electron chi connectivity index (χ2n) is 3.88. The molecule has 3 N–H and O–H groups in total. The van der Waals surface area contributed by atoms with Gasteiger partial charge >= 0.3 is 0 Å². The number of nitrogens with one attached hydrogen (secondary N) is 1. The van der Waals surface area contributed by atoms with Gasteiger partial charge in [-0.15, -0.1) is 0 Å². The van der Waals surface area contributed by atoms with Crippen molar-refractivity contribution in [3.8, 4) is 0 Å². The summed E-state index contributed by atoms with van der Waals surface area (Å²) < 4.78 is 0. The van der Waals surface area contributed by atoms with Gasteiger partial charge in [0.05, 0.1) is 0 Å². The Balaban J connectivity index is 2.05. The monoisotopic (exact) mass is 200 g/mol. The predicted molar refractivity (Wildman–Crippen MR) is 60.0 cm³/mol. The topological polar surface area (TPSA) is 44.5 Å². The minimum Gasteiger partial charge on any atom is -0.329 e. The third-order valence-electron chi connectivity index (χ3n) is 2.68. The summed E-state index contributed by atoms with van der Waals surface area (Å²) in [6.45, 7) is 9.77. The average molecular weight is 200 g/mol. The Hall–Kier alpha value is -0.160. The molecule has 1 fully saturated rings. The number of nitrogens with zero attached hydrogens (tertiary/aromatic N) is 2. The molecule has 0 radical (unpaired) electrons. The molecule has 4 heteroatoms. The zero-order chi connectivity index (χ0) is 10.2. The molecule has 0 aromatic heterocycles. The molecule has 0 aromatic carbocycles. The van der Waals surface area contributed by atoms with Crippen LogP contribution in [0.2, 0.25) is 0 Å². The molecule has 0 spiro atoms. The predicted octanol–water partition coefficient (Wildman–Crippen LogP) is -0.133. The van der Waals surface area contributed by atoms with Gasteiger partial charge in [0.2, 0.25) is 0 Å². The van der Waals surface area contributed by atoms with E-state index in [9.17, 15) is 0 Å². The van der Waals surface area contributed by atoms with Crippen molar-refractivity contribution >= 4 is 0 Å². The van der Waals surface area contributed by atoms with Crippen LogP contribution in [0.15, 0.2) is 0 Å². The Morgan fingerprint density at radius 1 is 1.21 bits per heavy atom. The van der Waals surface area contributed by atoms with Crippen LogP contribution in [0.3, 0.4) is 0 Å². The molecule has 1 rings (SSSR count). The second-order valence-corrected chi connectivity index (χ2v) is 3.88. The number of hydrazine groups is 1. The van der Waals surface area contributed by atoms with Crippen LogP contribution in [-0.4, -0.2) is 55.7 Å². The lowest BCUT2D eigenvalue weighted by molar-refractivity contribution is 0.0902. The maximum Gasteiger partial charge on any atom is 0.0259 e. The highest BCUT2D eigenvalue weighted by Gasteiger charge is 2.14. The Kier molecular flexibility index (Phi) is 6.10. The van der Waals surface area contributed by atoms with Crippen molar-refractivity contribution in [2.45, 2.75) is 19.8 Å². The number of piperazine rings is 1. The van der Waals surface area contributed by atoms with Gasteiger partial charge in [0.1, 0.15) is 0 Å². The molecule has 0 atom stereocenters. The van der Waals surface area contributed by atoms with E-state index in [0.717, 1.165) is 26.2 Å². The first-order chi connectivity index (χ1) is 6.86. The minimum atomic E-state index is 0.718. The van der Waals surface area contributed by atoms with Crippen molar-refractivity contribution in [3.63, 3.8) is 0 Å². The van der Waals surface area contributed by atoms with Crippen LogP contribution in [-0.2, 0) is 0 Å². The molecule has 84 valence electrons. The van der Waals surface area contributed by atoms with Gasteiger partial charge < -0.3 is 10.6 Å². The van der Waals surface area contributed by atoms with Gasteiger partial charge in [-0.1, -0.05) is 13.3 Å². The van der Waals surface area contributed by atoms with Crippen LogP contribution in [0, 0.1) is 0 Å². The molecule has 0 aliphatic carbocycles. The summed E-state index contributed by atoms with van der Waals surface area (Å²) in [6.07, 6.45) is 2.63.